The SMILES string of the molecule is c1ccc(-c2nc(-c3ccc(-n4c5ccccc5c5cc(-c6ccc7c(c6)c6ccc8ccccc8c6n7-c6ccccc6)ccc54)cc3)nc3ccccc23)cc1. The van der Waals surface area contributed by atoms with Gasteiger partial charge in [0.05, 0.1) is 33.3 Å². The first kappa shape index (κ1) is 32.4. The van der Waals surface area contributed by atoms with Crippen molar-refractivity contribution in [3.8, 4) is 45.1 Å². The van der Waals surface area contributed by atoms with E-state index in [1.807, 2.05) is 18.2 Å². The molecule has 0 amide bonds. The fraction of sp³-hybridized carbons (Fsp3) is 0. The number of nitrogens with zero attached hydrogens (tertiary/aromatic N) is 4. The molecule has 0 aliphatic carbocycles. The number of para-hydroxylation sites is 3. The van der Waals surface area contributed by atoms with E-state index in [-0.39, 0.29) is 0 Å². The Hall–Kier alpha value is -7.82. The topological polar surface area (TPSA) is 35.6 Å². The van der Waals surface area contributed by atoms with Gasteiger partial charge in [-0.25, -0.2) is 9.97 Å². The highest BCUT2D eigenvalue weighted by molar-refractivity contribution is 6.19. The first-order valence-corrected chi connectivity index (χ1v) is 19.7. The molecule has 4 nitrogen and oxygen atoms in total. The van der Waals surface area contributed by atoms with Crippen molar-refractivity contribution in [3.05, 3.63) is 206 Å². The maximum Gasteiger partial charge on any atom is 0.160 e. The van der Waals surface area contributed by atoms with E-state index >= 15 is 0 Å². The lowest BCUT2D eigenvalue weighted by molar-refractivity contribution is 1.17. The Morgan fingerprint density at radius 2 is 0.879 bits per heavy atom. The van der Waals surface area contributed by atoms with Gasteiger partial charge in [-0.2, -0.15) is 0 Å². The first-order chi connectivity index (χ1) is 28.8. The molecule has 0 aliphatic heterocycles. The van der Waals surface area contributed by atoms with Crippen LogP contribution in [0.4, 0.5) is 0 Å². The molecule has 0 atom stereocenters. The molecule has 0 bridgehead atoms. The summed E-state index contributed by atoms with van der Waals surface area (Å²) >= 11 is 0. The van der Waals surface area contributed by atoms with E-state index in [0.29, 0.717) is 5.82 Å². The average molecular weight is 739 g/mol. The van der Waals surface area contributed by atoms with Crippen LogP contribution in [0.5, 0.6) is 0 Å². The van der Waals surface area contributed by atoms with Crippen molar-refractivity contribution in [2.45, 2.75) is 0 Å². The predicted octanol–water partition coefficient (Wildman–Crippen LogP) is 14.0. The van der Waals surface area contributed by atoms with Crippen LogP contribution in [0.25, 0.3) is 110 Å². The number of rotatable bonds is 5. The van der Waals surface area contributed by atoms with E-state index in [9.17, 15) is 0 Å². The third-order valence-electron chi connectivity index (χ3n) is 11.7. The summed E-state index contributed by atoms with van der Waals surface area (Å²) in [5.74, 6) is 0.716. The van der Waals surface area contributed by atoms with Gasteiger partial charge in [0, 0.05) is 54.8 Å². The Labute approximate surface area is 334 Å². The largest absolute Gasteiger partial charge is 0.309 e. The first-order valence-electron chi connectivity index (χ1n) is 19.7. The zero-order valence-corrected chi connectivity index (χ0v) is 31.4. The summed E-state index contributed by atoms with van der Waals surface area (Å²) in [6.07, 6.45) is 0. The van der Waals surface area contributed by atoms with Crippen molar-refractivity contribution in [2.75, 3.05) is 0 Å². The highest BCUT2D eigenvalue weighted by Crippen LogP contribution is 2.40. The number of benzene rings is 9. The molecule has 3 heterocycles. The van der Waals surface area contributed by atoms with E-state index in [2.05, 4.69) is 197 Å². The molecule has 0 saturated carbocycles. The number of fused-ring (bicyclic) bond motifs is 9. The third-order valence-corrected chi connectivity index (χ3v) is 11.7. The quantitative estimate of drug-likeness (QED) is 0.176. The smallest absolute Gasteiger partial charge is 0.160 e. The summed E-state index contributed by atoms with van der Waals surface area (Å²) in [4.78, 5) is 10.1. The van der Waals surface area contributed by atoms with Gasteiger partial charge < -0.3 is 9.13 Å². The Bertz CT molecular complexity index is 3540. The number of hydrogen-bond donors (Lipinski definition) is 0. The van der Waals surface area contributed by atoms with Gasteiger partial charge in [-0.05, 0) is 89.3 Å². The van der Waals surface area contributed by atoms with Crippen molar-refractivity contribution in [1.82, 2.24) is 19.1 Å². The molecular formula is C54H34N4. The Morgan fingerprint density at radius 3 is 1.66 bits per heavy atom. The lowest BCUT2D eigenvalue weighted by Gasteiger charge is -2.11. The summed E-state index contributed by atoms with van der Waals surface area (Å²) in [5.41, 5.74) is 13.4. The zero-order valence-electron chi connectivity index (χ0n) is 31.4. The molecule has 0 aliphatic rings. The van der Waals surface area contributed by atoms with Crippen LogP contribution in [0.15, 0.2) is 206 Å². The average Bonchev–Trinajstić information content (AvgIpc) is 3.82. The lowest BCUT2D eigenvalue weighted by atomic mass is 10.00. The standard InChI is InChI=1S/C54H34N4/c1-3-14-36(15-4-1)52-45-20-9-11-21-48(45)55-54(56-52)37-23-28-41(29-24-37)57-49-22-12-10-19-43(49)46-33-38(26-31-50(46)57)39-27-32-51-47(34-39)44-30-25-35-13-7-8-18-42(35)53(44)58(51)40-16-5-2-6-17-40/h1-34H. The normalized spacial score (nSPS) is 11.8. The van der Waals surface area contributed by atoms with Crippen LogP contribution in [0.1, 0.15) is 0 Å². The van der Waals surface area contributed by atoms with Crippen LogP contribution in [-0.2, 0) is 0 Å². The van der Waals surface area contributed by atoms with Gasteiger partial charge in [-0.1, -0.05) is 133 Å². The molecule has 0 fully saturated rings. The molecule has 9 aromatic carbocycles. The highest BCUT2D eigenvalue weighted by atomic mass is 15.0. The summed E-state index contributed by atoms with van der Waals surface area (Å²) in [6.45, 7) is 0. The number of aromatic nitrogens is 4. The molecule has 0 spiro atoms. The maximum atomic E-state index is 5.12. The molecule has 0 unspecified atom stereocenters. The van der Waals surface area contributed by atoms with E-state index in [1.165, 1.54) is 65.5 Å². The van der Waals surface area contributed by atoms with Crippen molar-refractivity contribution >= 4 is 65.3 Å². The van der Waals surface area contributed by atoms with E-state index < -0.39 is 0 Å². The summed E-state index contributed by atoms with van der Waals surface area (Å²) in [6, 6.07) is 73.8. The molecule has 4 heteroatoms. The minimum atomic E-state index is 0.716. The monoisotopic (exact) mass is 738 g/mol. The van der Waals surface area contributed by atoms with Crippen molar-refractivity contribution in [2.24, 2.45) is 0 Å². The minimum absolute atomic E-state index is 0.716. The van der Waals surface area contributed by atoms with Gasteiger partial charge in [0.25, 0.3) is 0 Å². The molecule has 0 N–H and O–H groups in total. The van der Waals surface area contributed by atoms with E-state index in [4.69, 9.17) is 9.97 Å². The second-order valence-electron chi connectivity index (χ2n) is 15.0. The molecule has 270 valence electrons. The molecule has 3 aromatic heterocycles. The summed E-state index contributed by atoms with van der Waals surface area (Å²) < 4.78 is 4.80. The van der Waals surface area contributed by atoms with Gasteiger partial charge >= 0.3 is 0 Å². The third kappa shape index (κ3) is 5.02. The molecule has 58 heavy (non-hydrogen) atoms. The van der Waals surface area contributed by atoms with Crippen LogP contribution >= 0.6 is 0 Å². The Morgan fingerprint density at radius 1 is 0.310 bits per heavy atom. The highest BCUT2D eigenvalue weighted by Gasteiger charge is 2.18. The van der Waals surface area contributed by atoms with Gasteiger partial charge in [-0.15, -0.1) is 0 Å². The van der Waals surface area contributed by atoms with Gasteiger partial charge in [0.1, 0.15) is 0 Å². The summed E-state index contributed by atoms with van der Waals surface area (Å²) in [7, 11) is 0. The maximum absolute atomic E-state index is 5.12. The van der Waals surface area contributed by atoms with Crippen LogP contribution in [-0.4, -0.2) is 19.1 Å². The summed E-state index contributed by atoms with van der Waals surface area (Å²) in [5, 5.41) is 8.49. The van der Waals surface area contributed by atoms with Crippen molar-refractivity contribution in [3.63, 3.8) is 0 Å². The van der Waals surface area contributed by atoms with E-state index in [1.54, 1.807) is 0 Å². The zero-order chi connectivity index (χ0) is 38.2. The van der Waals surface area contributed by atoms with Gasteiger partial charge in [0.15, 0.2) is 5.82 Å². The second-order valence-corrected chi connectivity index (χ2v) is 15.0. The van der Waals surface area contributed by atoms with Crippen LogP contribution < -0.4 is 0 Å². The van der Waals surface area contributed by atoms with Gasteiger partial charge in [0.2, 0.25) is 0 Å². The second kappa shape index (κ2) is 12.9. The lowest BCUT2D eigenvalue weighted by Crippen LogP contribution is -1.97. The van der Waals surface area contributed by atoms with E-state index in [0.717, 1.165) is 39.1 Å². The van der Waals surface area contributed by atoms with Crippen LogP contribution in [0, 0.1) is 0 Å². The van der Waals surface area contributed by atoms with Crippen molar-refractivity contribution < 1.29 is 0 Å². The van der Waals surface area contributed by atoms with Crippen LogP contribution in [0.2, 0.25) is 0 Å². The van der Waals surface area contributed by atoms with Crippen LogP contribution in [0.3, 0.4) is 0 Å². The van der Waals surface area contributed by atoms with Crippen molar-refractivity contribution in [1.29, 1.82) is 0 Å². The minimum Gasteiger partial charge on any atom is -0.309 e. The molecule has 0 saturated heterocycles. The predicted molar refractivity (Wildman–Crippen MR) is 242 cm³/mol. The fourth-order valence-electron chi connectivity index (χ4n) is 9.02. The molecule has 0 radical (unpaired) electrons. The Kier molecular flexibility index (Phi) is 7.20. The molecule has 12 aromatic rings. The number of hydrogen-bond acceptors (Lipinski definition) is 2. The van der Waals surface area contributed by atoms with Gasteiger partial charge in [-0.3, -0.25) is 0 Å². The Balaban J connectivity index is 0.980. The molecular weight excluding hydrogens is 705 g/mol. The molecule has 12 rings (SSSR count). The fourth-order valence-corrected chi connectivity index (χ4v) is 9.02.